The van der Waals surface area contributed by atoms with Crippen LogP contribution in [-0.2, 0) is 44.7 Å². The SMILES string of the molecule is CCCCOC[C@H](NC(=O)OC(C)(C)C)C(=O)NN(C)C(=O)[C@H](CC(N)=O)NC(=O)N[C@H](C(=O)OCc1ccccc1)C(C)OCCCC. The van der Waals surface area contributed by atoms with Crippen LogP contribution in [0.1, 0.15) is 79.2 Å². The number of carbonyl (C=O) groups is 6. The molecule has 49 heavy (non-hydrogen) atoms. The van der Waals surface area contributed by atoms with Crippen LogP contribution in [-0.4, -0.2) is 97.5 Å². The molecule has 0 bridgehead atoms. The molecule has 1 rings (SSSR count). The summed E-state index contributed by atoms with van der Waals surface area (Å²) in [5.74, 6) is -3.47. The predicted octanol–water partition coefficient (Wildman–Crippen LogP) is 2.05. The monoisotopic (exact) mass is 694 g/mol. The Morgan fingerprint density at radius 2 is 1.53 bits per heavy atom. The van der Waals surface area contributed by atoms with Crippen LogP contribution in [0.5, 0.6) is 0 Å². The molecule has 1 unspecified atom stereocenters. The number of amides is 6. The van der Waals surface area contributed by atoms with Crippen molar-refractivity contribution in [1.29, 1.82) is 0 Å². The second kappa shape index (κ2) is 22.2. The summed E-state index contributed by atoms with van der Waals surface area (Å²) in [5, 5.41) is 7.99. The number of likely N-dealkylation sites (N-methyl/N-ethyl adjacent to an activating group) is 1. The molecular weight excluding hydrogens is 640 g/mol. The second-order valence-corrected chi connectivity index (χ2v) is 12.3. The van der Waals surface area contributed by atoms with Crippen molar-refractivity contribution in [3.05, 3.63) is 35.9 Å². The van der Waals surface area contributed by atoms with E-state index < -0.39 is 72.1 Å². The first-order valence-electron chi connectivity index (χ1n) is 16.4. The Hall–Kier alpha value is -4.44. The van der Waals surface area contributed by atoms with Crippen LogP contribution in [0.2, 0.25) is 0 Å². The van der Waals surface area contributed by atoms with E-state index >= 15 is 0 Å². The molecule has 0 aliphatic heterocycles. The van der Waals surface area contributed by atoms with E-state index in [1.165, 1.54) is 7.05 Å². The Balaban J connectivity index is 3.05. The lowest BCUT2D eigenvalue weighted by molar-refractivity contribution is -0.151. The van der Waals surface area contributed by atoms with Gasteiger partial charge in [0.1, 0.15) is 24.3 Å². The lowest BCUT2D eigenvalue weighted by Crippen LogP contribution is -2.60. The molecule has 16 nitrogen and oxygen atoms in total. The maximum absolute atomic E-state index is 13.4. The number of primary amides is 1. The van der Waals surface area contributed by atoms with Crippen molar-refractivity contribution in [2.24, 2.45) is 5.73 Å². The standard InChI is InChI=1S/C33H54N6O10/c1-8-10-17-46-21-25(36-32(45)49-33(4,5)6)28(41)38-39(7)29(42)24(19-26(34)40)35-31(44)37-27(22(3)47-18-11-9-2)30(43)48-20-23-15-13-12-14-16-23/h12-16,22,24-25,27H,8-11,17-21H2,1-7H3,(H2,34,40)(H,36,45)(H,38,41)(H2,35,37,44)/t22?,24-,25-,27-/m0/s1. The molecule has 276 valence electrons. The van der Waals surface area contributed by atoms with Crippen LogP contribution in [0.3, 0.4) is 0 Å². The van der Waals surface area contributed by atoms with Crippen molar-refractivity contribution >= 4 is 35.8 Å². The topological polar surface area (TPSA) is 217 Å². The second-order valence-electron chi connectivity index (χ2n) is 12.3. The molecule has 0 saturated heterocycles. The number of alkyl carbamates (subject to hydrolysis) is 1. The van der Waals surface area contributed by atoms with Crippen molar-refractivity contribution in [3.8, 4) is 0 Å². The zero-order chi connectivity index (χ0) is 37.0. The third-order valence-electron chi connectivity index (χ3n) is 6.66. The van der Waals surface area contributed by atoms with Gasteiger partial charge in [0, 0.05) is 20.3 Å². The minimum atomic E-state index is -1.56. The Morgan fingerprint density at radius 3 is 2.12 bits per heavy atom. The zero-order valence-corrected chi connectivity index (χ0v) is 29.7. The fraction of sp³-hybridized carbons (Fsp3) is 0.636. The number of benzene rings is 1. The van der Waals surface area contributed by atoms with Crippen molar-refractivity contribution in [3.63, 3.8) is 0 Å². The predicted molar refractivity (Wildman–Crippen MR) is 179 cm³/mol. The van der Waals surface area contributed by atoms with Gasteiger partial charge in [0.25, 0.3) is 11.8 Å². The summed E-state index contributed by atoms with van der Waals surface area (Å²) in [4.78, 5) is 77.0. The van der Waals surface area contributed by atoms with Gasteiger partial charge in [0.05, 0.1) is 19.1 Å². The van der Waals surface area contributed by atoms with Gasteiger partial charge in [-0.2, -0.15) is 0 Å². The third-order valence-corrected chi connectivity index (χ3v) is 6.66. The lowest BCUT2D eigenvalue weighted by Gasteiger charge is -2.28. The smallest absolute Gasteiger partial charge is 0.408 e. The average Bonchev–Trinajstić information content (AvgIpc) is 3.02. The van der Waals surface area contributed by atoms with E-state index in [1.807, 2.05) is 19.9 Å². The van der Waals surface area contributed by atoms with Crippen molar-refractivity contribution in [2.45, 2.75) is 110 Å². The molecule has 4 atom stereocenters. The zero-order valence-electron chi connectivity index (χ0n) is 29.7. The van der Waals surface area contributed by atoms with E-state index in [1.54, 1.807) is 52.0 Å². The highest BCUT2D eigenvalue weighted by molar-refractivity contribution is 5.94. The summed E-state index contributed by atoms with van der Waals surface area (Å²) in [6.07, 6.45) is 0.783. The number of nitrogens with two attached hydrogens (primary N) is 1. The van der Waals surface area contributed by atoms with E-state index in [9.17, 15) is 28.8 Å². The van der Waals surface area contributed by atoms with Crippen LogP contribution in [0.25, 0.3) is 0 Å². The molecule has 6 N–H and O–H groups in total. The highest BCUT2D eigenvalue weighted by Crippen LogP contribution is 2.09. The molecule has 0 spiro atoms. The highest BCUT2D eigenvalue weighted by atomic mass is 16.6. The average molecular weight is 695 g/mol. The molecule has 0 fully saturated rings. The van der Waals surface area contributed by atoms with Crippen molar-refractivity contribution < 1.29 is 47.7 Å². The maximum atomic E-state index is 13.4. The Kier molecular flexibility index (Phi) is 19.3. The van der Waals surface area contributed by atoms with Crippen molar-refractivity contribution in [2.75, 3.05) is 26.9 Å². The first-order chi connectivity index (χ1) is 23.1. The van der Waals surface area contributed by atoms with E-state index in [4.69, 9.17) is 24.7 Å². The number of unbranched alkanes of at least 4 members (excludes halogenated alkanes) is 2. The number of esters is 1. The molecule has 0 aromatic heterocycles. The third kappa shape index (κ3) is 18.1. The minimum Gasteiger partial charge on any atom is -0.459 e. The Morgan fingerprint density at radius 1 is 0.898 bits per heavy atom. The molecule has 0 saturated carbocycles. The number of hydrogen-bond donors (Lipinski definition) is 5. The van der Waals surface area contributed by atoms with Crippen LogP contribution in [0.4, 0.5) is 9.59 Å². The lowest BCUT2D eigenvalue weighted by atomic mass is 10.1. The summed E-state index contributed by atoms with van der Waals surface area (Å²) >= 11 is 0. The summed E-state index contributed by atoms with van der Waals surface area (Å²) in [7, 11) is 1.18. The fourth-order valence-corrected chi connectivity index (χ4v) is 4.05. The minimum absolute atomic E-state index is 0.0537. The molecule has 1 aromatic carbocycles. The largest absolute Gasteiger partial charge is 0.459 e. The van der Waals surface area contributed by atoms with Gasteiger partial charge in [-0.05, 0) is 46.1 Å². The molecular formula is C33H54N6O10. The number of ether oxygens (including phenoxy) is 4. The summed E-state index contributed by atoms with van der Waals surface area (Å²) in [6, 6.07) is 3.84. The number of nitrogens with one attached hydrogen (secondary N) is 4. The van der Waals surface area contributed by atoms with Crippen LogP contribution in [0, 0.1) is 0 Å². The molecule has 6 amide bonds. The Labute approximate surface area is 288 Å². The van der Waals surface area contributed by atoms with E-state index in [0.29, 0.717) is 19.6 Å². The molecule has 0 aliphatic carbocycles. The summed E-state index contributed by atoms with van der Waals surface area (Å²) in [6.45, 7) is 10.9. The van der Waals surface area contributed by atoms with Gasteiger partial charge in [-0.25, -0.2) is 14.4 Å². The van der Waals surface area contributed by atoms with Crippen LogP contribution < -0.4 is 27.1 Å². The number of carbonyl (C=O) groups excluding carboxylic acids is 6. The first-order valence-corrected chi connectivity index (χ1v) is 16.4. The maximum Gasteiger partial charge on any atom is 0.408 e. The van der Waals surface area contributed by atoms with Gasteiger partial charge in [-0.1, -0.05) is 57.0 Å². The van der Waals surface area contributed by atoms with Gasteiger partial charge in [0.2, 0.25) is 5.91 Å². The normalized spacial score (nSPS) is 13.5. The van der Waals surface area contributed by atoms with Gasteiger partial charge in [0.15, 0.2) is 6.04 Å². The highest BCUT2D eigenvalue weighted by Gasteiger charge is 2.33. The van der Waals surface area contributed by atoms with Gasteiger partial charge < -0.3 is 40.6 Å². The van der Waals surface area contributed by atoms with E-state index in [0.717, 1.165) is 29.8 Å². The fourth-order valence-electron chi connectivity index (χ4n) is 4.05. The molecule has 0 aliphatic rings. The molecule has 0 radical (unpaired) electrons. The van der Waals surface area contributed by atoms with Gasteiger partial charge >= 0.3 is 18.1 Å². The number of urea groups is 1. The quantitative estimate of drug-likeness (QED) is 0.0760. The number of nitrogens with zero attached hydrogens (tertiary/aromatic N) is 1. The molecule has 16 heteroatoms. The van der Waals surface area contributed by atoms with Crippen LogP contribution in [0.15, 0.2) is 30.3 Å². The summed E-state index contributed by atoms with van der Waals surface area (Å²) < 4.78 is 21.9. The molecule has 1 aromatic rings. The van der Waals surface area contributed by atoms with E-state index in [2.05, 4.69) is 21.4 Å². The first kappa shape index (κ1) is 42.6. The van der Waals surface area contributed by atoms with Crippen molar-refractivity contribution in [1.82, 2.24) is 26.4 Å². The van der Waals surface area contributed by atoms with Gasteiger partial charge in [-0.15, -0.1) is 0 Å². The summed E-state index contributed by atoms with van der Waals surface area (Å²) in [5.41, 5.74) is 7.58. The van der Waals surface area contributed by atoms with Crippen LogP contribution >= 0.6 is 0 Å². The van der Waals surface area contributed by atoms with Gasteiger partial charge in [-0.3, -0.25) is 24.8 Å². The number of hydrogen-bond acceptors (Lipinski definition) is 10. The van der Waals surface area contributed by atoms with E-state index in [-0.39, 0.29) is 13.2 Å². The Bertz CT molecular complexity index is 1210. The number of rotatable bonds is 20. The number of hydrazine groups is 1. The molecule has 0 heterocycles.